The van der Waals surface area contributed by atoms with Crippen LogP contribution in [0.4, 0.5) is 0 Å². The molecule has 0 aromatic heterocycles. The molecule has 2 aromatic carbocycles. The summed E-state index contributed by atoms with van der Waals surface area (Å²) >= 11 is 0. The van der Waals surface area contributed by atoms with Crippen LogP contribution in [0.25, 0.3) is 0 Å². The standard InChI is InChI=1S/C26H38O/c1-17-14-18(2)24(19(3)15-17)21(12-13-25(4,5)6)20-10-11-23(27)22(16-20)26(7,8)9/h10-11,14-16,21,27H,12-13H2,1-9H3. The van der Waals surface area contributed by atoms with Gasteiger partial charge in [0.2, 0.25) is 0 Å². The van der Waals surface area contributed by atoms with Gasteiger partial charge in [-0.1, -0.05) is 71.4 Å². The number of aryl methyl sites for hydroxylation is 3. The Labute approximate surface area is 166 Å². The normalized spacial score (nSPS) is 13.7. The van der Waals surface area contributed by atoms with E-state index in [9.17, 15) is 5.11 Å². The van der Waals surface area contributed by atoms with E-state index in [0.29, 0.717) is 17.1 Å². The first-order chi connectivity index (χ1) is 12.3. The summed E-state index contributed by atoms with van der Waals surface area (Å²) in [4.78, 5) is 0. The summed E-state index contributed by atoms with van der Waals surface area (Å²) in [5.74, 6) is 0.754. The van der Waals surface area contributed by atoms with Crippen molar-refractivity contribution < 1.29 is 5.11 Å². The van der Waals surface area contributed by atoms with Crippen molar-refractivity contribution in [2.24, 2.45) is 5.41 Å². The molecule has 1 unspecified atom stereocenters. The average Bonchev–Trinajstić information content (AvgIpc) is 2.48. The third-order valence-electron chi connectivity index (χ3n) is 5.50. The lowest BCUT2D eigenvalue weighted by molar-refractivity contribution is 0.356. The third-order valence-corrected chi connectivity index (χ3v) is 5.50. The van der Waals surface area contributed by atoms with E-state index >= 15 is 0 Å². The first-order valence-electron chi connectivity index (χ1n) is 10.2. The molecule has 0 aliphatic heterocycles. The van der Waals surface area contributed by atoms with Gasteiger partial charge in [-0.15, -0.1) is 0 Å². The Hall–Kier alpha value is -1.76. The second kappa shape index (κ2) is 7.70. The van der Waals surface area contributed by atoms with Gasteiger partial charge in [-0.05, 0) is 78.3 Å². The summed E-state index contributed by atoms with van der Waals surface area (Å²) in [6, 6.07) is 10.9. The van der Waals surface area contributed by atoms with E-state index in [1.165, 1.54) is 27.8 Å². The SMILES string of the molecule is Cc1cc(C)c(C(CCC(C)(C)C)c2ccc(O)c(C(C)(C)C)c2)c(C)c1. The van der Waals surface area contributed by atoms with Crippen LogP contribution in [0.3, 0.4) is 0 Å². The van der Waals surface area contributed by atoms with Crippen LogP contribution in [0.2, 0.25) is 0 Å². The lowest BCUT2D eigenvalue weighted by atomic mass is 9.76. The molecule has 0 saturated heterocycles. The molecule has 0 aliphatic rings. The van der Waals surface area contributed by atoms with E-state index in [-0.39, 0.29) is 5.41 Å². The molecule has 1 N–H and O–H groups in total. The Bertz CT molecular complexity index is 777. The maximum atomic E-state index is 10.4. The molecule has 2 rings (SSSR count). The Kier molecular flexibility index (Phi) is 6.14. The highest BCUT2D eigenvalue weighted by Crippen LogP contribution is 2.40. The summed E-state index contributed by atoms with van der Waals surface area (Å²) < 4.78 is 0. The molecule has 1 nitrogen and oxygen atoms in total. The van der Waals surface area contributed by atoms with Gasteiger partial charge in [0.25, 0.3) is 0 Å². The van der Waals surface area contributed by atoms with Gasteiger partial charge in [-0.3, -0.25) is 0 Å². The van der Waals surface area contributed by atoms with E-state index < -0.39 is 0 Å². The zero-order chi connectivity index (χ0) is 20.6. The summed E-state index contributed by atoms with van der Waals surface area (Å²) in [5.41, 5.74) is 8.09. The first-order valence-corrected chi connectivity index (χ1v) is 10.2. The van der Waals surface area contributed by atoms with Gasteiger partial charge in [0, 0.05) is 5.92 Å². The summed E-state index contributed by atoms with van der Waals surface area (Å²) in [7, 11) is 0. The highest BCUT2D eigenvalue weighted by atomic mass is 16.3. The molecule has 0 heterocycles. The van der Waals surface area contributed by atoms with Crippen LogP contribution < -0.4 is 0 Å². The second-order valence-corrected chi connectivity index (χ2v) is 10.5. The van der Waals surface area contributed by atoms with Crippen molar-refractivity contribution in [3.63, 3.8) is 0 Å². The largest absolute Gasteiger partial charge is 0.508 e. The molecule has 27 heavy (non-hydrogen) atoms. The zero-order valence-electron chi connectivity index (χ0n) is 18.8. The van der Waals surface area contributed by atoms with Gasteiger partial charge >= 0.3 is 0 Å². The van der Waals surface area contributed by atoms with E-state index in [0.717, 1.165) is 18.4 Å². The van der Waals surface area contributed by atoms with Crippen molar-refractivity contribution >= 4 is 0 Å². The van der Waals surface area contributed by atoms with Gasteiger partial charge in [-0.25, -0.2) is 0 Å². The molecule has 0 aliphatic carbocycles. The van der Waals surface area contributed by atoms with Crippen molar-refractivity contribution in [3.8, 4) is 5.75 Å². The number of rotatable bonds is 4. The lowest BCUT2D eigenvalue weighted by Gasteiger charge is -2.28. The minimum Gasteiger partial charge on any atom is -0.508 e. The molecular weight excluding hydrogens is 328 g/mol. The topological polar surface area (TPSA) is 20.2 Å². The Balaban J connectivity index is 2.61. The number of benzene rings is 2. The van der Waals surface area contributed by atoms with Crippen LogP contribution in [0, 0.1) is 26.2 Å². The van der Waals surface area contributed by atoms with Gasteiger partial charge in [0.1, 0.15) is 5.75 Å². The minimum atomic E-state index is -0.0773. The van der Waals surface area contributed by atoms with Gasteiger partial charge in [-0.2, -0.15) is 0 Å². The number of hydrogen-bond donors (Lipinski definition) is 1. The van der Waals surface area contributed by atoms with Crippen LogP contribution in [0.15, 0.2) is 30.3 Å². The monoisotopic (exact) mass is 366 g/mol. The van der Waals surface area contributed by atoms with E-state index in [2.05, 4.69) is 86.6 Å². The van der Waals surface area contributed by atoms with Crippen LogP contribution in [0.1, 0.15) is 93.7 Å². The fourth-order valence-electron chi connectivity index (χ4n) is 4.17. The van der Waals surface area contributed by atoms with Gasteiger partial charge in [0.15, 0.2) is 0 Å². The van der Waals surface area contributed by atoms with Crippen LogP contribution in [-0.2, 0) is 5.41 Å². The number of aromatic hydroxyl groups is 1. The summed E-state index contributed by atoms with van der Waals surface area (Å²) in [5, 5.41) is 10.4. The summed E-state index contributed by atoms with van der Waals surface area (Å²) in [6.45, 7) is 20.1. The van der Waals surface area contributed by atoms with Gasteiger partial charge < -0.3 is 5.11 Å². The Morgan fingerprint density at radius 2 is 1.41 bits per heavy atom. The average molecular weight is 367 g/mol. The molecule has 0 amide bonds. The van der Waals surface area contributed by atoms with Crippen LogP contribution >= 0.6 is 0 Å². The number of phenols is 1. The van der Waals surface area contributed by atoms with E-state index in [1.54, 1.807) is 0 Å². The smallest absolute Gasteiger partial charge is 0.119 e. The predicted octanol–water partition coefficient (Wildman–Crippen LogP) is 7.57. The number of phenolic OH excluding ortho intramolecular Hbond substituents is 1. The molecule has 148 valence electrons. The molecular formula is C26H38O. The Morgan fingerprint density at radius 3 is 1.89 bits per heavy atom. The van der Waals surface area contributed by atoms with Crippen molar-refractivity contribution in [2.45, 2.75) is 86.5 Å². The van der Waals surface area contributed by atoms with Crippen molar-refractivity contribution in [1.82, 2.24) is 0 Å². The minimum absolute atomic E-state index is 0.0773. The fourth-order valence-corrected chi connectivity index (χ4v) is 4.17. The molecule has 0 radical (unpaired) electrons. The molecule has 1 atom stereocenters. The Morgan fingerprint density at radius 1 is 0.852 bits per heavy atom. The second-order valence-electron chi connectivity index (χ2n) is 10.5. The molecule has 1 heteroatoms. The third kappa shape index (κ3) is 5.37. The zero-order valence-corrected chi connectivity index (χ0v) is 18.8. The maximum Gasteiger partial charge on any atom is 0.119 e. The lowest BCUT2D eigenvalue weighted by Crippen LogP contribution is -2.15. The quantitative estimate of drug-likeness (QED) is 0.591. The van der Waals surface area contributed by atoms with Crippen molar-refractivity contribution in [2.75, 3.05) is 0 Å². The van der Waals surface area contributed by atoms with Gasteiger partial charge in [0.05, 0.1) is 0 Å². The van der Waals surface area contributed by atoms with E-state index in [1.807, 2.05) is 6.07 Å². The highest BCUT2D eigenvalue weighted by Gasteiger charge is 2.25. The fraction of sp³-hybridized carbons (Fsp3) is 0.538. The molecule has 0 spiro atoms. The summed E-state index contributed by atoms with van der Waals surface area (Å²) in [6.07, 6.45) is 2.28. The predicted molar refractivity (Wildman–Crippen MR) is 118 cm³/mol. The van der Waals surface area contributed by atoms with Crippen LogP contribution in [0.5, 0.6) is 5.75 Å². The van der Waals surface area contributed by atoms with Crippen molar-refractivity contribution in [3.05, 3.63) is 63.7 Å². The number of hydrogen-bond acceptors (Lipinski definition) is 1. The molecule has 0 bridgehead atoms. The molecule has 2 aromatic rings. The molecule has 0 saturated carbocycles. The van der Waals surface area contributed by atoms with Crippen molar-refractivity contribution in [1.29, 1.82) is 0 Å². The highest BCUT2D eigenvalue weighted by molar-refractivity contribution is 5.48. The molecule has 0 fully saturated rings. The maximum absolute atomic E-state index is 10.4. The first kappa shape index (κ1) is 21.5. The van der Waals surface area contributed by atoms with Crippen LogP contribution in [-0.4, -0.2) is 5.11 Å². The van der Waals surface area contributed by atoms with E-state index in [4.69, 9.17) is 0 Å².